The zero-order valence-corrected chi connectivity index (χ0v) is 19.8. The number of likely N-dealkylation sites (tertiary alicyclic amines) is 1. The van der Waals surface area contributed by atoms with Crippen molar-refractivity contribution in [3.8, 4) is 0 Å². The van der Waals surface area contributed by atoms with Crippen molar-refractivity contribution in [3.63, 3.8) is 0 Å². The van der Waals surface area contributed by atoms with Crippen LogP contribution in [0.1, 0.15) is 30.5 Å². The summed E-state index contributed by atoms with van der Waals surface area (Å²) in [7, 11) is 6.04. The van der Waals surface area contributed by atoms with Gasteiger partial charge in [0.1, 0.15) is 0 Å². The highest BCUT2D eigenvalue weighted by atomic mass is 16.2. The fraction of sp³-hybridized carbons (Fsp3) is 0.542. The third-order valence-corrected chi connectivity index (χ3v) is 5.87. The van der Waals surface area contributed by atoms with Crippen molar-refractivity contribution in [3.05, 3.63) is 53.9 Å². The number of hydrogen-bond acceptors (Lipinski definition) is 4. The van der Waals surface area contributed by atoms with E-state index in [1.54, 1.807) is 0 Å². The van der Waals surface area contributed by atoms with E-state index >= 15 is 0 Å². The minimum atomic E-state index is 0.153. The number of nitrogens with zero attached hydrogens (tertiary/aromatic N) is 5. The second kappa shape index (κ2) is 11.7. The van der Waals surface area contributed by atoms with Crippen molar-refractivity contribution < 1.29 is 4.79 Å². The van der Waals surface area contributed by atoms with Crippen LogP contribution in [-0.2, 0) is 18.3 Å². The Morgan fingerprint density at radius 2 is 2.06 bits per heavy atom. The topological polar surface area (TPSA) is 77.8 Å². The first-order valence-electron chi connectivity index (χ1n) is 11.4. The number of hydrogen-bond donors (Lipinski definition) is 2. The van der Waals surface area contributed by atoms with Crippen molar-refractivity contribution in [2.45, 2.75) is 25.8 Å². The van der Waals surface area contributed by atoms with Gasteiger partial charge >= 0.3 is 0 Å². The van der Waals surface area contributed by atoms with Gasteiger partial charge < -0.3 is 20.4 Å². The minimum Gasteiger partial charge on any atom is -0.357 e. The van der Waals surface area contributed by atoms with E-state index in [0.29, 0.717) is 18.9 Å². The molecule has 0 saturated carbocycles. The van der Waals surface area contributed by atoms with Crippen LogP contribution in [-0.4, -0.2) is 78.3 Å². The number of nitrogens with one attached hydrogen (secondary N) is 2. The van der Waals surface area contributed by atoms with E-state index in [1.807, 2.05) is 47.2 Å². The molecule has 8 heteroatoms. The molecule has 1 aliphatic heterocycles. The molecule has 174 valence electrons. The molecule has 32 heavy (non-hydrogen) atoms. The summed E-state index contributed by atoms with van der Waals surface area (Å²) in [6.45, 7) is 5.79. The van der Waals surface area contributed by atoms with Gasteiger partial charge in [-0.1, -0.05) is 30.3 Å². The van der Waals surface area contributed by atoms with Gasteiger partial charge in [-0.25, -0.2) is 0 Å². The van der Waals surface area contributed by atoms with Crippen LogP contribution in [0, 0.1) is 5.92 Å². The van der Waals surface area contributed by atoms with E-state index in [2.05, 4.69) is 53.8 Å². The van der Waals surface area contributed by atoms with Crippen LogP contribution in [0.2, 0.25) is 0 Å². The van der Waals surface area contributed by atoms with Crippen LogP contribution >= 0.6 is 0 Å². The third kappa shape index (κ3) is 6.82. The molecule has 1 aromatic carbocycles. The standard InChI is InChI=1S/C24H37N7O/c1-5-25-24(27-16-22(29(2)3)21-15-28-30(4)18-21)26-14-20-13-23(32)31(17-20)12-11-19-9-7-6-8-10-19/h6-10,15,18,20,22H,5,11-14,16-17H2,1-4H3,(H2,25,26,27). The number of rotatable bonds is 10. The van der Waals surface area contributed by atoms with Crippen LogP contribution in [0.15, 0.2) is 47.7 Å². The van der Waals surface area contributed by atoms with Crippen molar-refractivity contribution in [1.29, 1.82) is 0 Å². The predicted molar refractivity (Wildman–Crippen MR) is 128 cm³/mol. The summed E-state index contributed by atoms with van der Waals surface area (Å²) in [5.74, 6) is 1.34. The van der Waals surface area contributed by atoms with Gasteiger partial charge in [-0.2, -0.15) is 5.10 Å². The highest BCUT2D eigenvalue weighted by Crippen LogP contribution is 2.19. The second-order valence-corrected chi connectivity index (χ2v) is 8.67. The largest absolute Gasteiger partial charge is 0.357 e. The second-order valence-electron chi connectivity index (χ2n) is 8.67. The first kappa shape index (κ1) is 23.8. The Labute approximate surface area is 191 Å². The SMILES string of the molecule is CCNC(=NCC(c1cnn(C)c1)N(C)C)NCC1CC(=O)N(CCc2ccccc2)C1. The molecule has 2 N–H and O–H groups in total. The number of aromatic nitrogens is 2. The first-order chi connectivity index (χ1) is 15.5. The van der Waals surface area contributed by atoms with E-state index in [9.17, 15) is 4.79 Å². The van der Waals surface area contributed by atoms with E-state index in [1.165, 1.54) is 5.56 Å². The molecule has 2 heterocycles. The summed E-state index contributed by atoms with van der Waals surface area (Å²) in [6.07, 6.45) is 5.43. The Bertz CT molecular complexity index is 877. The predicted octanol–water partition coefficient (Wildman–Crippen LogP) is 1.67. The summed E-state index contributed by atoms with van der Waals surface area (Å²) >= 11 is 0. The molecule has 1 saturated heterocycles. The van der Waals surface area contributed by atoms with Gasteiger partial charge in [0.05, 0.1) is 18.8 Å². The first-order valence-corrected chi connectivity index (χ1v) is 11.4. The molecule has 8 nitrogen and oxygen atoms in total. The molecule has 0 spiro atoms. The lowest BCUT2D eigenvalue weighted by molar-refractivity contribution is -0.127. The zero-order chi connectivity index (χ0) is 22.9. The van der Waals surface area contributed by atoms with Crippen molar-refractivity contribution in [2.24, 2.45) is 18.0 Å². The molecule has 1 aliphatic rings. The molecule has 0 radical (unpaired) electrons. The number of benzene rings is 1. The molecule has 0 bridgehead atoms. The maximum atomic E-state index is 12.5. The van der Waals surface area contributed by atoms with Gasteiger partial charge in [0.2, 0.25) is 5.91 Å². The molecule has 0 aliphatic carbocycles. The summed E-state index contributed by atoms with van der Waals surface area (Å²) in [5, 5.41) is 11.1. The Balaban J connectivity index is 1.51. The number of aryl methyl sites for hydroxylation is 1. The van der Waals surface area contributed by atoms with Crippen molar-refractivity contribution >= 4 is 11.9 Å². The maximum absolute atomic E-state index is 12.5. The van der Waals surface area contributed by atoms with E-state index < -0.39 is 0 Å². The number of likely N-dealkylation sites (N-methyl/N-ethyl adjacent to an activating group) is 1. The van der Waals surface area contributed by atoms with Crippen molar-refractivity contribution in [1.82, 2.24) is 30.2 Å². The number of aliphatic imine (C=N–C) groups is 1. The highest BCUT2D eigenvalue weighted by Gasteiger charge is 2.29. The number of amides is 1. The van der Waals surface area contributed by atoms with Crippen LogP contribution in [0.25, 0.3) is 0 Å². The van der Waals surface area contributed by atoms with Crippen LogP contribution < -0.4 is 10.6 Å². The quantitative estimate of drug-likeness (QED) is 0.435. The van der Waals surface area contributed by atoms with E-state index in [4.69, 9.17) is 4.99 Å². The molecule has 2 atom stereocenters. The van der Waals surface area contributed by atoms with Crippen LogP contribution in [0.4, 0.5) is 0 Å². The number of guanidine groups is 1. The van der Waals surface area contributed by atoms with Gasteiger partial charge in [0.15, 0.2) is 5.96 Å². The molecular formula is C24H37N7O. The molecule has 2 aromatic rings. The number of carbonyl (C=O) groups excluding carboxylic acids is 1. The lowest BCUT2D eigenvalue weighted by atomic mass is 10.1. The molecule has 1 amide bonds. The smallest absolute Gasteiger partial charge is 0.223 e. The van der Waals surface area contributed by atoms with Crippen molar-refractivity contribution in [2.75, 3.05) is 46.8 Å². The fourth-order valence-electron chi connectivity index (χ4n) is 4.06. The van der Waals surface area contributed by atoms with Crippen LogP contribution in [0.3, 0.4) is 0 Å². The Morgan fingerprint density at radius 1 is 1.28 bits per heavy atom. The van der Waals surface area contributed by atoms with Gasteiger partial charge in [-0.3, -0.25) is 14.5 Å². The Kier molecular flexibility index (Phi) is 8.67. The summed E-state index contributed by atoms with van der Waals surface area (Å²) in [4.78, 5) is 21.4. The molecule has 1 aromatic heterocycles. The van der Waals surface area contributed by atoms with Gasteiger partial charge in [0, 0.05) is 57.3 Å². The van der Waals surface area contributed by atoms with E-state index in [-0.39, 0.29) is 11.9 Å². The highest BCUT2D eigenvalue weighted by molar-refractivity contribution is 5.81. The monoisotopic (exact) mass is 439 g/mol. The fourth-order valence-corrected chi connectivity index (χ4v) is 4.06. The summed E-state index contributed by atoms with van der Waals surface area (Å²) in [5.41, 5.74) is 2.42. The molecule has 3 rings (SSSR count). The minimum absolute atomic E-state index is 0.153. The zero-order valence-electron chi connectivity index (χ0n) is 19.8. The lowest BCUT2D eigenvalue weighted by Gasteiger charge is -2.22. The van der Waals surface area contributed by atoms with Gasteiger partial charge in [-0.05, 0) is 33.0 Å². The average Bonchev–Trinajstić information content (AvgIpc) is 3.36. The average molecular weight is 440 g/mol. The molecule has 1 fully saturated rings. The van der Waals surface area contributed by atoms with Gasteiger partial charge in [0.25, 0.3) is 0 Å². The lowest BCUT2D eigenvalue weighted by Crippen LogP contribution is -2.41. The van der Waals surface area contributed by atoms with Crippen LogP contribution in [0.5, 0.6) is 0 Å². The number of carbonyl (C=O) groups is 1. The third-order valence-electron chi connectivity index (χ3n) is 5.87. The maximum Gasteiger partial charge on any atom is 0.223 e. The Hall–Kier alpha value is -2.87. The summed E-state index contributed by atoms with van der Waals surface area (Å²) < 4.78 is 1.82. The van der Waals surface area contributed by atoms with Gasteiger partial charge in [-0.15, -0.1) is 0 Å². The summed E-state index contributed by atoms with van der Waals surface area (Å²) in [6, 6.07) is 10.5. The van der Waals surface area contributed by atoms with E-state index in [0.717, 1.165) is 44.1 Å². The molecular weight excluding hydrogens is 402 g/mol. The molecule has 2 unspecified atom stereocenters. The Morgan fingerprint density at radius 3 is 2.72 bits per heavy atom. The normalized spacial score (nSPS) is 17.8.